The summed E-state index contributed by atoms with van der Waals surface area (Å²) in [5.74, 6) is 0.305. The first-order valence-corrected chi connectivity index (χ1v) is 18.8. The van der Waals surface area contributed by atoms with Crippen molar-refractivity contribution in [2.75, 3.05) is 0 Å². The average Bonchev–Trinajstić information content (AvgIpc) is 2.66. The van der Waals surface area contributed by atoms with Crippen molar-refractivity contribution < 1.29 is 10.2 Å². The SMILES string of the molecule is CCC[CH2][Sn](/[CH]=C/[C@@H](O)[C@H](O)C1CCCCC1)([CH2]CCC)[CH2]CCC. The van der Waals surface area contributed by atoms with Gasteiger partial charge < -0.3 is 0 Å². The molecule has 2 atom stereocenters. The van der Waals surface area contributed by atoms with Gasteiger partial charge in [-0.3, -0.25) is 0 Å². The zero-order valence-corrected chi connectivity index (χ0v) is 20.0. The van der Waals surface area contributed by atoms with Crippen molar-refractivity contribution in [1.82, 2.24) is 0 Å². The van der Waals surface area contributed by atoms with E-state index in [-0.39, 0.29) is 0 Å². The van der Waals surface area contributed by atoms with Crippen LogP contribution in [0.1, 0.15) is 91.4 Å². The van der Waals surface area contributed by atoms with Crippen LogP contribution in [-0.4, -0.2) is 40.8 Å². The zero-order valence-electron chi connectivity index (χ0n) is 17.2. The fourth-order valence-electron chi connectivity index (χ4n) is 4.38. The number of unbranched alkanes of at least 4 members (excludes halogenated alkanes) is 3. The molecule has 25 heavy (non-hydrogen) atoms. The summed E-state index contributed by atoms with van der Waals surface area (Å²) in [5, 5.41) is 21.2. The molecule has 1 fully saturated rings. The van der Waals surface area contributed by atoms with E-state index in [2.05, 4.69) is 24.9 Å². The van der Waals surface area contributed by atoms with Gasteiger partial charge in [0.15, 0.2) is 0 Å². The molecule has 2 N–H and O–H groups in total. The van der Waals surface area contributed by atoms with Crippen molar-refractivity contribution in [3.8, 4) is 0 Å². The van der Waals surface area contributed by atoms with Gasteiger partial charge in [0, 0.05) is 0 Å². The minimum atomic E-state index is -2.33. The van der Waals surface area contributed by atoms with Gasteiger partial charge in [0.25, 0.3) is 0 Å². The minimum absolute atomic E-state index is 0.305. The Balaban J connectivity index is 2.77. The number of hydrogen-bond donors (Lipinski definition) is 2. The van der Waals surface area contributed by atoms with Gasteiger partial charge in [-0.05, 0) is 0 Å². The molecular formula is C22H44O2Sn. The molecule has 1 rings (SSSR count). The molecule has 0 aromatic carbocycles. The zero-order chi connectivity index (χ0) is 18.5. The second kappa shape index (κ2) is 13.6. The molecule has 0 saturated heterocycles. The quantitative estimate of drug-likeness (QED) is 0.321. The molecule has 1 aliphatic rings. The maximum absolute atomic E-state index is 10.6. The molecule has 1 saturated carbocycles. The van der Waals surface area contributed by atoms with Crippen LogP contribution in [-0.2, 0) is 0 Å². The second-order valence-electron chi connectivity index (χ2n) is 8.41. The average molecular weight is 459 g/mol. The van der Waals surface area contributed by atoms with Crippen molar-refractivity contribution in [1.29, 1.82) is 0 Å². The monoisotopic (exact) mass is 460 g/mol. The third-order valence-corrected chi connectivity index (χ3v) is 20.3. The summed E-state index contributed by atoms with van der Waals surface area (Å²) >= 11 is -2.33. The Bertz CT molecular complexity index is 328. The molecule has 0 bridgehead atoms. The third-order valence-electron chi connectivity index (χ3n) is 6.21. The number of rotatable bonds is 13. The third kappa shape index (κ3) is 8.79. The topological polar surface area (TPSA) is 40.5 Å². The van der Waals surface area contributed by atoms with Crippen LogP contribution >= 0.6 is 0 Å². The predicted octanol–water partition coefficient (Wildman–Crippen LogP) is 6.23. The van der Waals surface area contributed by atoms with Gasteiger partial charge in [0.05, 0.1) is 0 Å². The van der Waals surface area contributed by atoms with Crippen LogP contribution in [0, 0.1) is 5.92 Å². The van der Waals surface area contributed by atoms with Crippen LogP contribution in [0.3, 0.4) is 0 Å². The molecule has 0 amide bonds. The second-order valence-corrected chi connectivity index (χ2v) is 21.4. The number of aliphatic hydroxyl groups is 2. The molecule has 1 aliphatic carbocycles. The van der Waals surface area contributed by atoms with Crippen LogP contribution < -0.4 is 0 Å². The molecule has 2 nitrogen and oxygen atoms in total. The standard InChI is InChI=1S/C10H17O2.3C4H9.Sn/c1-2-9(11)10(12)8-6-4-3-5-7-8;3*1-3-4-2;/h1-2,8-12H,3-7H2;3*1,3-4H2,2H3;/t9-,10-;;;;/m1..../s1. The maximum atomic E-state index is 10.6. The molecule has 0 unspecified atom stereocenters. The summed E-state index contributed by atoms with van der Waals surface area (Å²) in [6.07, 6.45) is 14.6. The van der Waals surface area contributed by atoms with Crippen molar-refractivity contribution in [3.63, 3.8) is 0 Å². The van der Waals surface area contributed by atoms with E-state index >= 15 is 0 Å². The first kappa shape index (κ1) is 23.5. The first-order chi connectivity index (χ1) is 12.1. The molecular weight excluding hydrogens is 415 g/mol. The van der Waals surface area contributed by atoms with E-state index in [9.17, 15) is 10.2 Å². The molecule has 0 aromatic rings. The van der Waals surface area contributed by atoms with Crippen LogP contribution in [0.5, 0.6) is 0 Å². The Hall–Kier alpha value is 0.459. The van der Waals surface area contributed by atoms with Gasteiger partial charge in [-0.25, -0.2) is 0 Å². The van der Waals surface area contributed by atoms with Gasteiger partial charge in [-0.1, -0.05) is 0 Å². The Morgan fingerprint density at radius 2 is 1.32 bits per heavy atom. The molecule has 148 valence electrons. The fraction of sp³-hybridized carbons (Fsp3) is 0.909. The summed E-state index contributed by atoms with van der Waals surface area (Å²) < 4.78 is 6.78. The Kier molecular flexibility index (Phi) is 12.8. The summed E-state index contributed by atoms with van der Waals surface area (Å²) in [6.45, 7) is 6.88. The van der Waals surface area contributed by atoms with Gasteiger partial charge in [0.1, 0.15) is 0 Å². The van der Waals surface area contributed by atoms with Crippen LogP contribution in [0.4, 0.5) is 0 Å². The summed E-state index contributed by atoms with van der Waals surface area (Å²) in [4.78, 5) is 0. The van der Waals surface area contributed by atoms with E-state index in [0.717, 1.165) is 12.8 Å². The van der Waals surface area contributed by atoms with E-state index in [1.54, 1.807) is 0 Å². The van der Waals surface area contributed by atoms with E-state index in [1.807, 2.05) is 6.08 Å². The Morgan fingerprint density at radius 1 is 0.840 bits per heavy atom. The van der Waals surface area contributed by atoms with Crippen LogP contribution in [0.15, 0.2) is 10.2 Å². The van der Waals surface area contributed by atoms with E-state index in [1.165, 1.54) is 71.1 Å². The van der Waals surface area contributed by atoms with Gasteiger partial charge in [-0.2, -0.15) is 0 Å². The van der Waals surface area contributed by atoms with Crippen molar-refractivity contribution >= 4 is 18.4 Å². The molecule has 0 spiro atoms. The Labute approximate surface area is 161 Å². The summed E-state index contributed by atoms with van der Waals surface area (Å²) in [6, 6.07) is 0. The predicted molar refractivity (Wildman–Crippen MR) is 113 cm³/mol. The molecule has 0 aliphatic heterocycles. The van der Waals surface area contributed by atoms with Crippen molar-refractivity contribution in [2.24, 2.45) is 5.92 Å². The van der Waals surface area contributed by atoms with E-state index in [0.29, 0.717) is 5.92 Å². The van der Waals surface area contributed by atoms with E-state index in [4.69, 9.17) is 0 Å². The van der Waals surface area contributed by atoms with Crippen molar-refractivity contribution in [2.45, 2.75) is 117 Å². The molecule has 0 heterocycles. The van der Waals surface area contributed by atoms with Gasteiger partial charge >= 0.3 is 162 Å². The van der Waals surface area contributed by atoms with Crippen LogP contribution in [0.25, 0.3) is 0 Å². The fourth-order valence-corrected chi connectivity index (χ4v) is 18.7. The molecule has 0 aromatic heterocycles. The van der Waals surface area contributed by atoms with Gasteiger partial charge in [0.2, 0.25) is 0 Å². The van der Waals surface area contributed by atoms with Gasteiger partial charge in [-0.15, -0.1) is 0 Å². The molecule has 0 radical (unpaired) electrons. The normalized spacial score (nSPS) is 19.4. The van der Waals surface area contributed by atoms with Crippen molar-refractivity contribution in [3.05, 3.63) is 10.2 Å². The summed E-state index contributed by atoms with van der Waals surface area (Å²) in [5.41, 5.74) is 0. The van der Waals surface area contributed by atoms with Crippen LogP contribution in [0.2, 0.25) is 13.3 Å². The Morgan fingerprint density at radius 3 is 1.76 bits per heavy atom. The number of aliphatic hydroxyl groups excluding tert-OH is 2. The first-order valence-electron chi connectivity index (χ1n) is 11.1. The number of hydrogen-bond acceptors (Lipinski definition) is 2. The van der Waals surface area contributed by atoms with E-state index < -0.39 is 30.6 Å². The molecule has 3 heteroatoms. The summed E-state index contributed by atoms with van der Waals surface area (Å²) in [7, 11) is 0.